The Morgan fingerprint density at radius 3 is 2.86 bits per heavy atom. The van der Waals surface area contributed by atoms with Gasteiger partial charge >= 0.3 is 6.03 Å². The highest BCUT2D eigenvalue weighted by atomic mass is 35.5. The summed E-state index contributed by atoms with van der Waals surface area (Å²) in [7, 11) is 1.80. The van der Waals surface area contributed by atoms with Crippen LogP contribution >= 0.6 is 11.6 Å². The van der Waals surface area contributed by atoms with Gasteiger partial charge in [0.05, 0.1) is 11.6 Å². The Hall–Kier alpha value is -2.98. The number of hydrogen-bond acceptors (Lipinski definition) is 7. The Kier molecular flexibility index (Phi) is 5.52. The Balaban J connectivity index is 1.24. The van der Waals surface area contributed by atoms with Crippen LogP contribution in [0.25, 0.3) is 11.4 Å². The van der Waals surface area contributed by atoms with Gasteiger partial charge in [0.15, 0.2) is 5.82 Å². The van der Waals surface area contributed by atoms with Crippen LogP contribution in [-0.4, -0.2) is 59.9 Å². The number of benzene rings is 1. The molecule has 1 saturated carbocycles. The molecule has 35 heavy (non-hydrogen) atoms. The normalized spacial score (nSPS) is 26.1. The molecule has 1 aromatic carbocycles. The van der Waals surface area contributed by atoms with E-state index in [1.165, 1.54) is 12.8 Å². The quantitative estimate of drug-likeness (QED) is 0.568. The van der Waals surface area contributed by atoms with Crippen LogP contribution in [0.15, 0.2) is 28.9 Å². The molecular formula is C24H29ClN8O2. The van der Waals surface area contributed by atoms with Gasteiger partial charge in [-0.25, -0.2) is 9.78 Å². The molecule has 3 aliphatic heterocycles. The summed E-state index contributed by atoms with van der Waals surface area (Å²) in [6.07, 6.45) is 6.66. The second-order valence-electron chi connectivity index (χ2n) is 10.2. The Labute approximate surface area is 208 Å². The van der Waals surface area contributed by atoms with Crippen LogP contribution in [0.5, 0.6) is 0 Å². The zero-order chi connectivity index (χ0) is 24.2. The summed E-state index contributed by atoms with van der Waals surface area (Å²) < 4.78 is 7.79. The molecule has 2 amide bonds. The maximum absolute atomic E-state index is 13.6. The molecular weight excluding hydrogens is 468 g/mol. The number of urea groups is 1. The van der Waals surface area contributed by atoms with E-state index in [1.54, 1.807) is 36.3 Å². The van der Waals surface area contributed by atoms with Crippen LogP contribution in [0.2, 0.25) is 5.02 Å². The molecule has 4 aliphatic rings. The van der Waals surface area contributed by atoms with E-state index >= 15 is 0 Å². The number of halogens is 1. The Morgan fingerprint density at radius 2 is 2.09 bits per heavy atom. The predicted octanol–water partition coefficient (Wildman–Crippen LogP) is 4.05. The van der Waals surface area contributed by atoms with Gasteiger partial charge < -0.3 is 14.6 Å². The van der Waals surface area contributed by atoms with Crippen molar-refractivity contribution in [1.29, 1.82) is 0 Å². The molecule has 3 atom stereocenters. The Morgan fingerprint density at radius 1 is 1.26 bits per heavy atom. The molecule has 5 heterocycles. The zero-order valence-electron chi connectivity index (χ0n) is 19.9. The molecule has 3 saturated heterocycles. The number of fused-ring (bicyclic) bond motifs is 2. The minimum Gasteiger partial charge on any atom is -0.421 e. The number of piperidine rings is 1. The lowest BCUT2D eigenvalue weighted by atomic mass is 9.64. The second kappa shape index (κ2) is 8.60. The number of rotatable bonds is 5. The summed E-state index contributed by atoms with van der Waals surface area (Å²) in [6, 6.07) is 5.33. The number of carbonyl (C=O) groups is 1. The van der Waals surface area contributed by atoms with Gasteiger partial charge in [0, 0.05) is 30.8 Å². The van der Waals surface area contributed by atoms with E-state index in [9.17, 15) is 4.79 Å². The summed E-state index contributed by atoms with van der Waals surface area (Å²) in [5.74, 6) is 2.17. The largest absolute Gasteiger partial charge is 0.421 e. The van der Waals surface area contributed by atoms with Crippen molar-refractivity contribution in [2.24, 2.45) is 13.0 Å². The zero-order valence-corrected chi connectivity index (χ0v) is 20.7. The van der Waals surface area contributed by atoms with Gasteiger partial charge in [0.1, 0.15) is 11.9 Å². The summed E-state index contributed by atoms with van der Waals surface area (Å²) in [5.41, 5.74) is 0.747. The van der Waals surface area contributed by atoms with E-state index in [4.69, 9.17) is 16.0 Å². The lowest BCUT2D eigenvalue weighted by Gasteiger charge is -2.61. The maximum atomic E-state index is 13.6. The fraction of sp³-hybridized carbons (Fsp3) is 0.542. The Bertz CT molecular complexity index is 1250. The highest BCUT2D eigenvalue weighted by Crippen LogP contribution is 2.55. The number of amides is 2. The molecule has 0 unspecified atom stereocenters. The molecule has 3 aromatic rings. The first-order chi connectivity index (χ1) is 16.9. The molecule has 7 rings (SSSR count). The van der Waals surface area contributed by atoms with Crippen molar-refractivity contribution in [3.8, 4) is 11.4 Å². The third kappa shape index (κ3) is 3.98. The highest BCUT2D eigenvalue weighted by molar-refractivity contribution is 6.33. The molecule has 2 bridgehead atoms. The number of likely N-dealkylation sites (tertiary alicyclic amines) is 1. The second-order valence-corrected chi connectivity index (χ2v) is 10.6. The third-order valence-corrected chi connectivity index (χ3v) is 7.79. The standard InChI is InChI=1S/C24H29ClN8O2/c1-15-9-17-12-24(11-15,22-29-28-20(35-22)13-32-7-3-4-8-32)33(17)23(34)27-16-5-6-19(25)18(10-16)21-26-14-31(2)30-21/h5-6,10,14-15,17H,3-4,7-9,11-13H2,1-2H3,(H,27,34)/t15-,17+,24-/m1/s1. The van der Waals surface area contributed by atoms with Crippen molar-refractivity contribution in [3.63, 3.8) is 0 Å². The molecule has 4 fully saturated rings. The van der Waals surface area contributed by atoms with Gasteiger partial charge in [-0.3, -0.25) is 9.58 Å². The van der Waals surface area contributed by atoms with Crippen molar-refractivity contribution in [1.82, 2.24) is 34.8 Å². The fourth-order valence-corrected chi connectivity index (χ4v) is 6.21. The minimum atomic E-state index is -0.555. The SMILES string of the molecule is C[C@@H]1C[C@H]2C[C@@](c3nnc(CN4CCCC4)o3)(C1)N2C(=O)Nc1ccc(Cl)c(-c2ncn(C)n2)c1. The number of nitrogens with one attached hydrogen (secondary N) is 1. The van der Waals surface area contributed by atoms with Crippen LogP contribution < -0.4 is 5.32 Å². The van der Waals surface area contributed by atoms with Crippen LogP contribution in [0, 0.1) is 5.92 Å². The van der Waals surface area contributed by atoms with Crippen molar-refractivity contribution in [2.45, 2.75) is 57.2 Å². The average molecular weight is 497 g/mol. The lowest BCUT2D eigenvalue weighted by Crippen LogP contribution is -2.70. The molecule has 11 heteroatoms. The highest BCUT2D eigenvalue weighted by Gasteiger charge is 2.62. The van der Waals surface area contributed by atoms with Crippen molar-refractivity contribution in [3.05, 3.63) is 41.3 Å². The van der Waals surface area contributed by atoms with Gasteiger partial charge in [0.2, 0.25) is 11.8 Å². The molecule has 0 spiro atoms. The van der Waals surface area contributed by atoms with Gasteiger partial charge in [-0.15, -0.1) is 10.2 Å². The van der Waals surface area contributed by atoms with E-state index in [-0.39, 0.29) is 12.1 Å². The minimum absolute atomic E-state index is 0.150. The van der Waals surface area contributed by atoms with E-state index in [2.05, 4.69) is 37.4 Å². The first-order valence-corrected chi connectivity index (χ1v) is 12.6. The number of anilines is 1. The summed E-state index contributed by atoms with van der Waals surface area (Å²) in [4.78, 5) is 22.1. The van der Waals surface area contributed by atoms with Gasteiger partial charge in [0.25, 0.3) is 0 Å². The van der Waals surface area contributed by atoms with Crippen LogP contribution in [0.3, 0.4) is 0 Å². The number of hydrogen-bond donors (Lipinski definition) is 1. The summed E-state index contributed by atoms with van der Waals surface area (Å²) in [6.45, 7) is 5.02. The van der Waals surface area contributed by atoms with Gasteiger partial charge in [-0.1, -0.05) is 18.5 Å². The molecule has 184 valence electrons. The van der Waals surface area contributed by atoms with E-state index in [1.807, 2.05) is 4.90 Å². The van der Waals surface area contributed by atoms with Crippen molar-refractivity contribution >= 4 is 23.3 Å². The van der Waals surface area contributed by atoms with Crippen molar-refractivity contribution in [2.75, 3.05) is 18.4 Å². The fourth-order valence-electron chi connectivity index (χ4n) is 6.01. The first kappa shape index (κ1) is 22.5. The van der Waals surface area contributed by atoms with E-state index in [0.29, 0.717) is 46.3 Å². The van der Waals surface area contributed by atoms with Gasteiger partial charge in [-0.05, 0) is 62.9 Å². The van der Waals surface area contributed by atoms with Crippen molar-refractivity contribution < 1.29 is 9.21 Å². The van der Waals surface area contributed by atoms with Crippen LogP contribution in [0.1, 0.15) is 50.8 Å². The summed E-state index contributed by atoms with van der Waals surface area (Å²) >= 11 is 6.39. The molecule has 0 radical (unpaired) electrons. The summed E-state index contributed by atoms with van der Waals surface area (Å²) in [5, 5.41) is 16.7. The van der Waals surface area contributed by atoms with Crippen LogP contribution in [-0.2, 0) is 19.1 Å². The molecule has 1 N–H and O–H groups in total. The number of aryl methyl sites for hydroxylation is 1. The maximum Gasteiger partial charge on any atom is 0.323 e. The van der Waals surface area contributed by atoms with Gasteiger partial charge in [-0.2, -0.15) is 5.10 Å². The third-order valence-electron chi connectivity index (χ3n) is 7.46. The molecule has 1 aliphatic carbocycles. The van der Waals surface area contributed by atoms with Crippen LogP contribution in [0.4, 0.5) is 10.5 Å². The predicted molar refractivity (Wildman–Crippen MR) is 130 cm³/mol. The van der Waals surface area contributed by atoms with E-state index < -0.39 is 5.54 Å². The number of carbonyl (C=O) groups excluding carboxylic acids is 1. The lowest BCUT2D eigenvalue weighted by molar-refractivity contribution is -0.110. The number of nitrogens with zero attached hydrogens (tertiary/aromatic N) is 7. The monoisotopic (exact) mass is 496 g/mol. The molecule has 2 aromatic heterocycles. The van der Waals surface area contributed by atoms with E-state index in [0.717, 1.165) is 32.4 Å². The first-order valence-electron chi connectivity index (χ1n) is 12.2. The molecule has 10 nitrogen and oxygen atoms in total. The smallest absolute Gasteiger partial charge is 0.323 e. The topological polar surface area (TPSA) is 105 Å². The average Bonchev–Trinajstić information content (AvgIpc) is 3.58. The number of aromatic nitrogens is 5.